The summed E-state index contributed by atoms with van der Waals surface area (Å²) in [5.74, 6) is 1.94. The average molecular weight is 491 g/mol. The normalized spacial score (nSPS) is 21.5. The molecule has 2 saturated heterocycles. The Bertz CT molecular complexity index is 1120. The molecule has 1 saturated carbocycles. The quantitative estimate of drug-likeness (QED) is 0.505. The summed E-state index contributed by atoms with van der Waals surface area (Å²) >= 11 is 1.58. The molecule has 9 heteroatoms. The second-order valence-corrected chi connectivity index (χ2v) is 11.2. The number of nitrogens with one attached hydrogen (secondary N) is 1. The molecule has 1 aliphatic carbocycles. The van der Waals surface area contributed by atoms with Crippen LogP contribution in [0.5, 0.6) is 0 Å². The Balaban J connectivity index is 1.11. The first-order chi connectivity index (χ1) is 17.2. The van der Waals surface area contributed by atoms with Crippen LogP contribution in [0.2, 0.25) is 0 Å². The molecule has 3 aromatic rings. The number of hydrogen-bond donors (Lipinski definition) is 1. The van der Waals surface area contributed by atoms with E-state index in [2.05, 4.69) is 49.4 Å². The van der Waals surface area contributed by atoms with E-state index in [-0.39, 0.29) is 5.92 Å². The molecule has 5 heterocycles. The highest BCUT2D eigenvalue weighted by Crippen LogP contribution is 2.32. The monoisotopic (exact) mass is 490 g/mol. The minimum Gasteiger partial charge on any atom is -0.369 e. The molecule has 8 nitrogen and oxygen atoms in total. The lowest BCUT2D eigenvalue weighted by molar-refractivity contribution is 0.416. The van der Waals surface area contributed by atoms with Crippen molar-refractivity contribution in [3.05, 3.63) is 41.4 Å². The van der Waals surface area contributed by atoms with Crippen molar-refractivity contribution in [1.29, 1.82) is 0 Å². The van der Waals surface area contributed by atoms with E-state index < -0.39 is 0 Å². The largest absolute Gasteiger partial charge is 0.369 e. The highest BCUT2D eigenvalue weighted by atomic mass is 32.1. The van der Waals surface area contributed by atoms with Crippen LogP contribution in [0.4, 0.5) is 11.5 Å². The van der Waals surface area contributed by atoms with Crippen molar-refractivity contribution in [3.8, 4) is 10.7 Å². The Hall–Kier alpha value is -2.65. The molecule has 3 fully saturated rings. The van der Waals surface area contributed by atoms with Gasteiger partial charge in [-0.2, -0.15) is 0 Å². The van der Waals surface area contributed by atoms with Crippen LogP contribution in [0.1, 0.15) is 62.1 Å². The smallest absolute Gasteiger partial charge is 0.167 e. The predicted octanol–water partition coefficient (Wildman–Crippen LogP) is 4.11. The Morgan fingerprint density at radius 2 is 1.86 bits per heavy atom. The summed E-state index contributed by atoms with van der Waals surface area (Å²) in [6.07, 6.45) is 13.4. The third-order valence-corrected chi connectivity index (χ3v) is 8.60. The van der Waals surface area contributed by atoms with E-state index in [4.69, 9.17) is 9.97 Å². The number of pyridine rings is 1. The summed E-state index contributed by atoms with van der Waals surface area (Å²) in [7, 11) is 0. The topological polar surface area (TPSA) is 83.0 Å². The first-order valence-corrected chi connectivity index (χ1v) is 13.9. The highest BCUT2D eigenvalue weighted by molar-refractivity contribution is 7.14. The molecular formula is C26H34N8S. The fourth-order valence-corrected chi connectivity index (χ4v) is 5.93. The van der Waals surface area contributed by atoms with Gasteiger partial charge in [-0.05, 0) is 63.1 Å². The third kappa shape index (κ3) is 5.30. The van der Waals surface area contributed by atoms with Gasteiger partial charge in [-0.15, -0.1) is 10.2 Å². The van der Waals surface area contributed by atoms with Gasteiger partial charge in [0.1, 0.15) is 16.5 Å². The summed E-state index contributed by atoms with van der Waals surface area (Å²) in [6, 6.07) is 4.96. The van der Waals surface area contributed by atoms with Crippen molar-refractivity contribution < 1.29 is 0 Å². The Labute approximate surface area is 211 Å². The summed E-state index contributed by atoms with van der Waals surface area (Å²) in [5.41, 5.74) is 3.03. The molecule has 0 radical (unpaired) electrons. The fourth-order valence-electron chi connectivity index (χ4n) is 5.07. The van der Waals surface area contributed by atoms with Crippen LogP contribution in [-0.4, -0.2) is 63.9 Å². The molecule has 3 aliphatic rings. The van der Waals surface area contributed by atoms with Gasteiger partial charge in [-0.3, -0.25) is 9.97 Å². The minimum atomic E-state index is 0.0827. The van der Waals surface area contributed by atoms with E-state index in [1.165, 1.54) is 50.8 Å². The summed E-state index contributed by atoms with van der Waals surface area (Å²) in [5, 5.41) is 14.5. The number of hydrogen-bond acceptors (Lipinski definition) is 9. The second kappa shape index (κ2) is 10.1. The molecule has 0 spiro atoms. The molecule has 6 rings (SSSR count). The summed E-state index contributed by atoms with van der Waals surface area (Å²) in [6.45, 7) is 7.61. The number of piperidine rings is 1. The zero-order valence-electron chi connectivity index (χ0n) is 20.4. The van der Waals surface area contributed by atoms with Gasteiger partial charge >= 0.3 is 0 Å². The van der Waals surface area contributed by atoms with Crippen molar-refractivity contribution in [3.63, 3.8) is 0 Å². The lowest BCUT2D eigenvalue weighted by Gasteiger charge is -2.35. The van der Waals surface area contributed by atoms with Gasteiger partial charge in [0, 0.05) is 32.2 Å². The second-order valence-electron chi connectivity index (χ2n) is 10.2. The van der Waals surface area contributed by atoms with Gasteiger partial charge in [-0.1, -0.05) is 18.3 Å². The maximum atomic E-state index is 4.83. The van der Waals surface area contributed by atoms with Crippen molar-refractivity contribution >= 4 is 22.8 Å². The van der Waals surface area contributed by atoms with Crippen LogP contribution in [0.25, 0.3) is 10.7 Å². The minimum absolute atomic E-state index is 0.0827. The molecule has 184 valence electrons. The van der Waals surface area contributed by atoms with E-state index >= 15 is 0 Å². The first-order valence-electron chi connectivity index (χ1n) is 13.1. The Kier molecular flexibility index (Phi) is 6.61. The Morgan fingerprint density at radius 1 is 1.00 bits per heavy atom. The maximum Gasteiger partial charge on any atom is 0.167 e. The number of rotatable bonds is 8. The van der Waals surface area contributed by atoms with Gasteiger partial charge in [0.2, 0.25) is 0 Å². The van der Waals surface area contributed by atoms with Crippen LogP contribution in [-0.2, 0) is 0 Å². The van der Waals surface area contributed by atoms with Gasteiger partial charge < -0.3 is 15.1 Å². The number of anilines is 2. The van der Waals surface area contributed by atoms with E-state index in [1.54, 1.807) is 17.5 Å². The molecule has 2 atom stereocenters. The standard InChI is InChI=1S/C26H34N8S/c1-18(25-31-32-26(35-25)23-15-27-16-24(30-23)33-10-2-3-11-33)22-9-8-21(14-29-22)34-12-4-5-20(17-34)28-13-19-6-7-19/h8-9,14-16,18-20,28H,2-7,10-13,17H2,1H3. The van der Waals surface area contributed by atoms with Gasteiger partial charge in [0.15, 0.2) is 5.01 Å². The molecule has 0 bridgehead atoms. The highest BCUT2D eigenvalue weighted by Gasteiger charge is 2.25. The molecule has 0 aromatic carbocycles. The molecule has 35 heavy (non-hydrogen) atoms. The van der Waals surface area contributed by atoms with E-state index in [0.29, 0.717) is 6.04 Å². The van der Waals surface area contributed by atoms with Crippen LogP contribution < -0.4 is 15.1 Å². The molecule has 0 amide bonds. The molecule has 2 aliphatic heterocycles. The third-order valence-electron chi connectivity index (χ3n) is 7.48. The molecule has 3 aromatic heterocycles. The van der Waals surface area contributed by atoms with Crippen LogP contribution >= 0.6 is 11.3 Å². The zero-order valence-corrected chi connectivity index (χ0v) is 21.3. The summed E-state index contributed by atoms with van der Waals surface area (Å²) in [4.78, 5) is 18.8. The fraction of sp³-hybridized carbons (Fsp3) is 0.577. The number of aromatic nitrogens is 5. The zero-order chi connectivity index (χ0) is 23.6. The maximum absolute atomic E-state index is 4.83. The number of nitrogens with zero attached hydrogens (tertiary/aromatic N) is 7. The predicted molar refractivity (Wildman–Crippen MR) is 140 cm³/mol. The van der Waals surface area contributed by atoms with Gasteiger partial charge in [0.25, 0.3) is 0 Å². The Morgan fingerprint density at radius 3 is 2.66 bits per heavy atom. The van der Waals surface area contributed by atoms with Crippen molar-refractivity contribution in [2.75, 3.05) is 42.5 Å². The molecular weight excluding hydrogens is 456 g/mol. The SMILES string of the molecule is CC(c1ccc(N2CCCC(NCC3CC3)C2)cn1)c1nnc(-c2cncc(N3CCCC3)n2)s1. The van der Waals surface area contributed by atoms with Gasteiger partial charge in [0.05, 0.1) is 35.9 Å². The van der Waals surface area contributed by atoms with Crippen LogP contribution in [0.3, 0.4) is 0 Å². The lowest BCUT2D eigenvalue weighted by Crippen LogP contribution is -2.46. The van der Waals surface area contributed by atoms with Crippen molar-refractivity contribution in [1.82, 2.24) is 30.5 Å². The lowest BCUT2D eigenvalue weighted by atomic mass is 10.0. The first kappa shape index (κ1) is 22.8. The van der Waals surface area contributed by atoms with Crippen molar-refractivity contribution in [2.24, 2.45) is 5.92 Å². The molecule has 1 N–H and O–H groups in total. The van der Waals surface area contributed by atoms with E-state index in [1.807, 2.05) is 12.4 Å². The summed E-state index contributed by atoms with van der Waals surface area (Å²) < 4.78 is 0. The van der Waals surface area contributed by atoms with Gasteiger partial charge in [-0.25, -0.2) is 4.98 Å². The van der Waals surface area contributed by atoms with Crippen molar-refractivity contribution in [2.45, 2.75) is 57.4 Å². The van der Waals surface area contributed by atoms with Crippen LogP contribution in [0.15, 0.2) is 30.7 Å². The molecule has 2 unspecified atom stereocenters. The van der Waals surface area contributed by atoms with E-state index in [9.17, 15) is 0 Å². The van der Waals surface area contributed by atoms with E-state index in [0.717, 1.165) is 59.3 Å². The average Bonchev–Trinajstić information content (AvgIpc) is 3.35. The van der Waals surface area contributed by atoms with Crippen LogP contribution in [0, 0.1) is 5.92 Å².